The van der Waals surface area contributed by atoms with E-state index >= 15 is 0 Å². The lowest BCUT2D eigenvalue weighted by Crippen LogP contribution is -2.12. The van der Waals surface area contributed by atoms with Crippen molar-refractivity contribution in [2.75, 3.05) is 0 Å². The summed E-state index contributed by atoms with van der Waals surface area (Å²) < 4.78 is 5.68. The molecule has 0 saturated carbocycles. The summed E-state index contributed by atoms with van der Waals surface area (Å²) >= 11 is 6.02. The van der Waals surface area contributed by atoms with E-state index in [0.717, 1.165) is 29.5 Å². The molecule has 5 heteroatoms. The van der Waals surface area contributed by atoms with Gasteiger partial charge < -0.3 is 4.74 Å². The van der Waals surface area contributed by atoms with Gasteiger partial charge in [-0.25, -0.2) is 14.8 Å². The van der Waals surface area contributed by atoms with Crippen LogP contribution < -0.4 is 0 Å². The molecular weight excluding hydrogens is 336 g/mol. The van der Waals surface area contributed by atoms with E-state index in [4.69, 9.17) is 16.3 Å². The van der Waals surface area contributed by atoms with Crippen LogP contribution in [0.15, 0.2) is 60.8 Å². The fraction of sp³-hybridized carbons (Fsp3) is 0.150. The largest absolute Gasteiger partial charge is 0.453 e. The Kier molecular flexibility index (Phi) is 4.20. The predicted octanol–water partition coefficient (Wildman–Crippen LogP) is 4.64. The van der Waals surface area contributed by atoms with Crippen molar-refractivity contribution in [2.24, 2.45) is 0 Å². The number of halogens is 1. The molecule has 1 unspecified atom stereocenters. The normalized spacial score (nSPS) is 15.6. The third-order valence-electron chi connectivity index (χ3n) is 4.27. The number of aromatic nitrogens is 2. The zero-order valence-electron chi connectivity index (χ0n) is 13.4. The highest BCUT2D eigenvalue weighted by Crippen LogP contribution is 2.35. The third-order valence-corrected chi connectivity index (χ3v) is 4.51. The van der Waals surface area contributed by atoms with E-state index in [1.165, 1.54) is 0 Å². The minimum atomic E-state index is -0.438. The van der Waals surface area contributed by atoms with Crippen molar-refractivity contribution in [3.8, 4) is 11.4 Å². The van der Waals surface area contributed by atoms with Crippen LogP contribution in [0.4, 0.5) is 0 Å². The molecule has 2 aromatic carbocycles. The molecule has 0 amide bonds. The summed E-state index contributed by atoms with van der Waals surface area (Å²) in [5.41, 5.74) is 3.28. The number of hydrogen-bond acceptors (Lipinski definition) is 4. The number of carbonyl (C=O) groups excluding carboxylic acids is 1. The fourth-order valence-electron chi connectivity index (χ4n) is 3.06. The van der Waals surface area contributed by atoms with Crippen LogP contribution in [-0.4, -0.2) is 15.9 Å². The number of aryl methyl sites for hydroxylation is 1. The molecule has 0 saturated heterocycles. The van der Waals surface area contributed by atoms with E-state index in [-0.39, 0.29) is 11.8 Å². The Morgan fingerprint density at radius 2 is 1.96 bits per heavy atom. The van der Waals surface area contributed by atoms with Crippen LogP contribution in [0.25, 0.3) is 11.4 Å². The first kappa shape index (κ1) is 15.8. The first-order valence-electron chi connectivity index (χ1n) is 8.08. The smallest absolute Gasteiger partial charge is 0.357 e. The average molecular weight is 351 g/mol. The molecule has 4 nitrogen and oxygen atoms in total. The van der Waals surface area contributed by atoms with Crippen molar-refractivity contribution < 1.29 is 9.53 Å². The van der Waals surface area contributed by atoms with Crippen LogP contribution in [0.5, 0.6) is 0 Å². The summed E-state index contributed by atoms with van der Waals surface area (Å²) in [7, 11) is 0. The zero-order valence-corrected chi connectivity index (χ0v) is 14.1. The monoisotopic (exact) mass is 350 g/mol. The number of fused-ring (bicyclic) bond motifs is 1. The highest BCUT2D eigenvalue weighted by atomic mass is 35.5. The number of ether oxygens (including phenoxy) is 1. The fourth-order valence-corrected chi connectivity index (χ4v) is 3.25. The summed E-state index contributed by atoms with van der Waals surface area (Å²) in [4.78, 5) is 21.1. The molecule has 0 fully saturated rings. The second-order valence-electron chi connectivity index (χ2n) is 5.91. The summed E-state index contributed by atoms with van der Waals surface area (Å²) in [6.07, 6.45) is 2.94. The molecule has 0 bridgehead atoms. The molecule has 1 aromatic heterocycles. The van der Waals surface area contributed by atoms with Gasteiger partial charge in [0.1, 0.15) is 6.10 Å². The van der Waals surface area contributed by atoms with Crippen LogP contribution in [0, 0.1) is 0 Å². The van der Waals surface area contributed by atoms with E-state index in [1.807, 2.05) is 48.5 Å². The quantitative estimate of drug-likeness (QED) is 0.646. The minimum Gasteiger partial charge on any atom is -0.453 e. The van der Waals surface area contributed by atoms with Gasteiger partial charge in [0.25, 0.3) is 0 Å². The molecule has 0 spiro atoms. The maximum Gasteiger partial charge on any atom is 0.357 e. The van der Waals surface area contributed by atoms with Gasteiger partial charge in [0.15, 0.2) is 11.5 Å². The number of rotatable bonds is 3. The Balaban J connectivity index is 1.55. The predicted molar refractivity (Wildman–Crippen MR) is 95.4 cm³/mol. The van der Waals surface area contributed by atoms with Gasteiger partial charge in [-0.1, -0.05) is 48.0 Å². The van der Waals surface area contributed by atoms with Crippen molar-refractivity contribution in [3.05, 3.63) is 82.6 Å². The molecule has 1 aliphatic rings. The number of nitrogens with zero attached hydrogens (tertiary/aromatic N) is 2. The van der Waals surface area contributed by atoms with Gasteiger partial charge >= 0.3 is 5.97 Å². The molecule has 1 atom stereocenters. The average Bonchev–Trinajstić information content (AvgIpc) is 3.04. The van der Waals surface area contributed by atoms with Crippen molar-refractivity contribution in [3.63, 3.8) is 0 Å². The molecule has 4 rings (SSSR count). The molecule has 1 heterocycles. The molecule has 0 radical (unpaired) electrons. The van der Waals surface area contributed by atoms with Crippen molar-refractivity contribution >= 4 is 17.6 Å². The molecule has 0 aliphatic heterocycles. The molecule has 25 heavy (non-hydrogen) atoms. The van der Waals surface area contributed by atoms with Crippen molar-refractivity contribution in [1.29, 1.82) is 0 Å². The summed E-state index contributed by atoms with van der Waals surface area (Å²) in [6, 6.07) is 16.8. The molecule has 124 valence electrons. The van der Waals surface area contributed by atoms with Crippen LogP contribution in [-0.2, 0) is 11.2 Å². The first-order valence-corrected chi connectivity index (χ1v) is 8.46. The SMILES string of the molecule is O=C(OC1CCc2cc(Cl)ccc21)c1ccnc(-c2ccccc2)n1. The molecular formula is C20H15ClN2O2. The Bertz CT molecular complexity index is 928. The maximum absolute atomic E-state index is 12.5. The van der Waals surface area contributed by atoms with E-state index in [9.17, 15) is 4.79 Å². The van der Waals surface area contributed by atoms with E-state index in [2.05, 4.69) is 9.97 Å². The number of esters is 1. The van der Waals surface area contributed by atoms with Crippen LogP contribution in [0.1, 0.15) is 34.1 Å². The van der Waals surface area contributed by atoms with Gasteiger partial charge in [0.2, 0.25) is 0 Å². The lowest BCUT2D eigenvalue weighted by Gasteiger charge is -2.13. The Labute approximate surface area is 150 Å². The third kappa shape index (κ3) is 3.26. The second kappa shape index (κ2) is 6.65. The number of hydrogen-bond donors (Lipinski definition) is 0. The van der Waals surface area contributed by atoms with Gasteiger partial charge in [0, 0.05) is 16.8 Å². The molecule has 3 aromatic rings. The van der Waals surface area contributed by atoms with Gasteiger partial charge in [-0.3, -0.25) is 0 Å². The van der Waals surface area contributed by atoms with Crippen LogP contribution >= 0.6 is 11.6 Å². The van der Waals surface area contributed by atoms with Crippen molar-refractivity contribution in [1.82, 2.24) is 9.97 Å². The van der Waals surface area contributed by atoms with Gasteiger partial charge in [0.05, 0.1) is 0 Å². The van der Waals surface area contributed by atoms with Gasteiger partial charge in [-0.05, 0) is 42.2 Å². The van der Waals surface area contributed by atoms with Crippen LogP contribution in [0.2, 0.25) is 5.02 Å². The van der Waals surface area contributed by atoms with Crippen molar-refractivity contribution in [2.45, 2.75) is 18.9 Å². The summed E-state index contributed by atoms with van der Waals surface area (Å²) in [5, 5.41) is 0.703. The highest BCUT2D eigenvalue weighted by molar-refractivity contribution is 6.30. The standard InChI is InChI=1S/C20H15ClN2O2/c21-15-7-8-16-14(12-15)6-9-18(16)25-20(24)17-10-11-22-19(23-17)13-4-2-1-3-5-13/h1-5,7-8,10-12,18H,6,9H2. The Morgan fingerprint density at radius 1 is 1.12 bits per heavy atom. The Hall–Kier alpha value is -2.72. The molecule has 1 aliphatic carbocycles. The van der Waals surface area contributed by atoms with Crippen LogP contribution in [0.3, 0.4) is 0 Å². The lowest BCUT2D eigenvalue weighted by molar-refractivity contribution is 0.0294. The zero-order chi connectivity index (χ0) is 17.2. The Morgan fingerprint density at radius 3 is 2.80 bits per heavy atom. The van der Waals surface area contributed by atoms with E-state index in [0.29, 0.717) is 10.8 Å². The van der Waals surface area contributed by atoms with Gasteiger partial charge in [-0.15, -0.1) is 0 Å². The van der Waals surface area contributed by atoms with E-state index < -0.39 is 5.97 Å². The highest BCUT2D eigenvalue weighted by Gasteiger charge is 2.27. The lowest BCUT2D eigenvalue weighted by atomic mass is 10.1. The minimum absolute atomic E-state index is 0.255. The first-order chi connectivity index (χ1) is 12.2. The number of carbonyl (C=O) groups is 1. The number of benzene rings is 2. The van der Waals surface area contributed by atoms with Gasteiger partial charge in [-0.2, -0.15) is 0 Å². The maximum atomic E-state index is 12.5. The molecule has 0 N–H and O–H groups in total. The second-order valence-corrected chi connectivity index (χ2v) is 6.34. The summed E-state index contributed by atoms with van der Waals surface area (Å²) in [6.45, 7) is 0. The summed E-state index contributed by atoms with van der Waals surface area (Å²) in [5.74, 6) is 0.0704. The van der Waals surface area contributed by atoms with E-state index in [1.54, 1.807) is 12.3 Å². The topological polar surface area (TPSA) is 52.1 Å².